The summed E-state index contributed by atoms with van der Waals surface area (Å²) in [6, 6.07) is 9.41. The van der Waals surface area contributed by atoms with Crippen LogP contribution in [0.5, 0.6) is 23.0 Å². The summed E-state index contributed by atoms with van der Waals surface area (Å²) in [6.07, 6.45) is 3.16. The summed E-state index contributed by atoms with van der Waals surface area (Å²) in [6.45, 7) is 6.30. The van der Waals surface area contributed by atoms with E-state index in [0.717, 1.165) is 22.4 Å². The van der Waals surface area contributed by atoms with Crippen molar-refractivity contribution in [2.75, 3.05) is 27.9 Å². The predicted molar refractivity (Wildman–Crippen MR) is 114 cm³/mol. The van der Waals surface area contributed by atoms with Gasteiger partial charge in [-0.2, -0.15) is 0 Å². The molecule has 0 saturated carbocycles. The highest BCUT2D eigenvalue weighted by Crippen LogP contribution is 2.38. The van der Waals surface area contributed by atoms with E-state index < -0.39 is 0 Å². The highest BCUT2D eigenvalue weighted by Gasteiger charge is 2.13. The third-order valence-electron chi connectivity index (χ3n) is 4.39. The average Bonchev–Trinajstić information content (AvgIpc) is 2.70. The standard InChI is InChI=1S/C23H29NO5/c1-15-8-7-9-16(2)22(15)29-14-17(3)24-21(25)11-10-18-12-19(26-4)23(28-6)20(13-18)27-5/h7-13,17H,14H2,1-6H3,(H,24,25)/b11-10+. The maximum absolute atomic E-state index is 12.3. The van der Waals surface area contributed by atoms with Crippen molar-refractivity contribution in [3.05, 3.63) is 53.1 Å². The average molecular weight is 399 g/mol. The zero-order valence-corrected chi connectivity index (χ0v) is 17.9. The van der Waals surface area contributed by atoms with E-state index in [1.165, 1.54) is 6.08 Å². The van der Waals surface area contributed by atoms with Crippen LogP contribution in [-0.4, -0.2) is 39.9 Å². The minimum absolute atomic E-state index is 0.147. The van der Waals surface area contributed by atoms with Crippen LogP contribution in [0.15, 0.2) is 36.4 Å². The van der Waals surface area contributed by atoms with E-state index in [1.54, 1.807) is 39.5 Å². The lowest BCUT2D eigenvalue weighted by Crippen LogP contribution is -2.35. The van der Waals surface area contributed by atoms with E-state index in [4.69, 9.17) is 18.9 Å². The van der Waals surface area contributed by atoms with Crippen molar-refractivity contribution in [2.24, 2.45) is 0 Å². The molecule has 0 aromatic heterocycles. The normalized spacial score (nSPS) is 11.8. The van der Waals surface area contributed by atoms with Gasteiger partial charge in [-0.25, -0.2) is 0 Å². The number of ether oxygens (including phenoxy) is 4. The van der Waals surface area contributed by atoms with E-state index in [-0.39, 0.29) is 11.9 Å². The molecule has 0 fully saturated rings. The number of hydrogen-bond donors (Lipinski definition) is 1. The second kappa shape index (κ2) is 10.4. The summed E-state index contributed by atoms with van der Waals surface area (Å²) in [7, 11) is 4.65. The summed E-state index contributed by atoms with van der Waals surface area (Å²) >= 11 is 0. The first-order valence-electron chi connectivity index (χ1n) is 9.37. The van der Waals surface area contributed by atoms with Crippen LogP contribution < -0.4 is 24.3 Å². The van der Waals surface area contributed by atoms with E-state index in [2.05, 4.69) is 5.32 Å². The molecule has 2 rings (SSSR count). The van der Waals surface area contributed by atoms with Crippen LogP contribution in [0.3, 0.4) is 0 Å². The fraction of sp³-hybridized carbons (Fsp3) is 0.348. The minimum atomic E-state index is -0.212. The quantitative estimate of drug-likeness (QED) is 0.648. The molecule has 156 valence electrons. The predicted octanol–water partition coefficient (Wildman–Crippen LogP) is 3.93. The largest absolute Gasteiger partial charge is 0.493 e. The Balaban J connectivity index is 1.98. The van der Waals surface area contributed by atoms with E-state index >= 15 is 0 Å². The number of benzene rings is 2. The van der Waals surface area contributed by atoms with Crippen molar-refractivity contribution < 1.29 is 23.7 Å². The van der Waals surface area contributed by atoms with Gasteiger partial charge in [-0.05, 0) is 55.7 Å². The maximum Gasteiger partial charge on any atom is 0.244 e. The minimum Gasteiger partial charge on any atom is -0.493 e. The number of rotatable bonds is 9. The second-order valence-electron chi connectivity index (χ2n) is 6.73. The number of methoxy groups -OCH3 is 3. The Morgan fingerprint density at radius 3 is 2.10 bits per heavy atom. The molecule has 6 heteroatoms. The molecule has 1 atom stereocenters. The number of nitrogens with one attached hydrogen (secondary N) is 1. The van der Waals surface area contributed by atoms with E-state index in [1.807, 2.05) is 39.0 Å². The number of para-hydroxylation sites is 1. The monoisotopic (exact) mass is 399 g/mol. The summed E-state index contributed by atoms with van der Waals surface area (Å²) in [5.74, 6) is 2.22. The first-order chi connectivity index (χ1) is 13.9. The smallest absolute Gasteiger partial charge is 0.244 e. The summed E-state index contributed by atoms with van der Waals surface area (Å²) < 4.78 is 21.9. The van der Waals surface area contributed by atoms with Crippen molar-refractivity contribution in [1.82, 2.24) is 5.32 Å². The summed E-state index contributed by atoms with van der Waals surface area (Å²) in [4.78, 5) is 12.3. The van der Waals surface area contributed by atoms with Crippen molar-refractivity contribution in [3.63, 3.8) is 0 Å². The number of hydrogen-bond acceptors (Lipinski definition) is 5. The fourth-order valence-corrected chi connectivity index (χ4v) is 2.94. The molecule has 0 heterocycles. The fourth-order valence-electron chi connectivity index (χ4n) is 2.94. The van der Waals surface area contributed by atoms with E-state index in [0.29, 0.717) is 23.9 Å². The zero-order valence-electron chi connectivity index (χ0n) is 17.9. The Morgan fingerprint density at radius 2 is 1.59 bits per heavy atom. The second-order valence-corrected chi connectivity index (χ2v) is 6.73. The molecule has 0 aliphatic carbocycles. The molecule has 0 saturated heterocycles. The Morgan fingerprint density at radius 1 is 1.00 bits per heavy atom. The highest BCUT2D eigenvalue weighted by molar-refractivity contribution is 5.92. The third-order valence-corrected chi connectivity index (χ3v) is 4.39. The van der Waals surface area contributed by atoms with Crippen molar-refractivity contribution in [1.29, 1.82) is 0 Å². The van der Waals surface area contributed by atoms with Crippen LogP contribution in [0.2, 0.25) is 0 Å². The lowest BCUT2D eigenvalue weighted by Gasteiger charge is -2.17. The first-order valence-corrected chi connectivity index (χ1v) is 9.37. The number of carbonyl (C=O) groups is 1. The van der Waals surface area contributed by atoms with Crippen LogP contribution in [-0.2, 0) is 4.79 Å². The lowest BCUT2D eigenvalue weighted by molar-refractivity contribution is -0.117. The molecule has 29 heavy (non-hydrogen) atoms. The molecule has 1 N–H and O–H groups in total. The molecule has 1 unspecified atom stereocenters. The highest BCUT2D eigenvalue weighted by atomic mass is 16.5. The lowest BCUT2D eigenvalue weighted by atomic mass is 10.1. The van der Waals surface area contributed by atoms with Crippen LogP contribution in [0.1, 0.15) is 23.6 Å². The van der Waals surface area contributed by atoms with Crippen molar-refractivity contribution in [2.45, 2.75) is 26.8 Å². The molecule has 6 nitrogen and oxygen atoms in total. The van der Waals surface area contributed by atoms with Gasteiger partial charge in [0.1, 0.15) is 12.4 Å². The van der Waals surface area contributed by atoms with Crippen LogP contribution in [0.25, 0.3) is 6.08 Å². The van der Waals surface area contributed by atoms with Gasteiger partial charge in [0.05, 0.1) is 27.4 Å². The maximum atomic E-state index is 12.3. The van der Waals surface area contributed by atoms with Gasteiger partial charge in [-0.3, -0.25) is 4.79 Å². The van der Waals surface area contributed by atoms with Crippen molar-refractivity contribution >= 4 is 12.0 Å². The first kappa shape index (κ1) is 22.1. The molecule has 0 aliphatic heterocycles. The molecule has 0 aliphatic rings. The topological polar surface area (TPSA) is 66.0 Å². The Bertz CT molecular complexity index is 830. The van der Waals surface area contributed by atoms with E-state index in [9.17, 15) is 4.79 Å². The van der Waals surface area contributed by atoms with Gasteiger partial charge < -0.3 is 24.3 Å². The Kier molecular flexibility index (Phi) is 7.95. The molecular weight excluding hydrogens is 370 g/mol. The van der Waals surface area contributed by atoms with Gasteiger partial charge in [-0.1, -0.05) is 18.2 Å². The molecule has 2 aromatic rings. The van der Waals surface area contributed by atoms with Crippen LogP contribution in [0.4, 0.5) is 0 Å². The van der Waals surface area contributed by atoms with Gasteiger partial charge in [0.2, 0.25) is 11.7 Å². The van der Waals surface area contributed by atoms with Crippen LogP contribution in [0, 0.1) is 13.8 Å². The Labute approximate surface area is 172 Å². The Hall–Kier alpha value is -3.15. The number of amides is 1. The van der Waals surface area contributed by atoms with Crippen molar-refractivity contribution in [3.8, 4) is 23.0 Å². The van der Waals surface area contributed by atoms with Gasteiger partial charge in [-0.15, -0.1) is 0 Å². The third kappa shape index (κ3) is 5.91. The SMILES string of the molecule is COc1cc(/C=C/C(=O)NC(C)COc2c(C)cccc2C)cc(OC)c1OC. The molecular formula is C23H29NO5. The molecule has 2 aromatic carbocycles. The summed E-state index contributed by atoms with van der Waals surface area (Å²) in [5.41, 5.74) is 2.91. The molecule has 0 spiro atoms. The number of carbonyl (C=O) groups excluding carboxylic acids is 1. The van der Waals surface area contributed by atoms with Gasteiger partial charge >= 0.3 is 0 Å². The summed E-state index contributed by atoms with van der Waals surface area (Å²) in [5, 5.41) is 2.90. The van der Waals surface area contributed by atoms with Crippen LogP contribution >= 0.6 is 0 Å². The number of aryl methyl sites for hydroxylation is 2. The van der Waals surface area contributed by atoms with Gasteiger partial charge in [0, 0.05) is 6.08 Å². The van der Waals surface area contributed by atoms with Gasteiger partial charge in [0.25, 0.3) is 0 Å². The molecule has 0 bridgehead atoms. The van der Waals surface area contributed by atoms with Gasteiger partial charge in [0.15, 0.2) is 11.5 Å². The molecule has 0 radical (unpaired) electrons. The zero-order chi connectivity index (χ0) is 21.4. The molecule has 1 amide bonds.